The molecule has 1 aromatic heterocycles. The second kappa shape index (κ2) is 8.25. The molecule has 10 heteroatoms. The molecule has 0 fully saturated rings. The van der Waals surface area contributed by atoms with Crippen LogP contribution >= 0.6 is 0 Å². The number of aromatic nitrogens is 2. The average molecular weight is 451 g/mol. The lowest BCUT2D eigenvalue weighted by Gasteiger charge is -2.17. The van der Waals surface area contributed by atoms with Crippen LogP contribution < -0.4 is 4.74 Å². The quantitative estimate of drug-likeness (QED) is 0.523. The SMILES string of the molecule is CN(Cc1ccc(OC(F)(F)F)cc1)C(=O)c1nn(-c2ccc(F)c(F)c2)c2c1CCC2. The van der Waals surface area contributed by atoms with Crippen molar-refractivity contribution in [3.8, 4) is 11.4 Å². The number of rotatable bonds is 5. The highest BCUT2D eigenvalue weighted by atomic mass is 19.4. The van der Waals surface area contributed by atoms with E-state index in [1.165, 1.54) is 39.9 Å². The Morgan fingerprint density at radius 3 is 2.47 bits per heavy atom. The number of alkyl halides is 3. The molecule has 5 nitrogen and oxygen atoms in total. The Balaban J connectivity index is 1.55. The predicted molar refractivity (Wildman–Crippen MR) is 104 cm³/mol. The first-order valence-corrected chi connectivity index (χ1v) is 9.79. The minimum Gasteiger partial charge on any atom is -0.406 e. The van der Waals surface area contributed by atoms with Gasteiger partial charge < -0.3 is 9.64 Å². The van der Waals surface area contributed by atoms with Crippen LogP contribution in [0.4, 0.5) is 22.0 Å². The van der Waals surface area contributed by atoms with Gasteiger partial charge in [-0.2, -0.15) is 5.10 Å². The molecular formula is C22H18F5N3O2. The number of hydrogen-bond donors (Lipinski definition) is 0. The Bertz CT molecular complexity index is 1160. The van der Waals surface area contributed by atoms with Crippen LogP contribution in [0.25, 0.3) is 5.69 Å². The third kappa shape index (κ3) is 4.44. The summed E-state index contributed by atoms with van der Waals surface area (Å²) in [5.74, 6) is -2.70. The number of ether oxygens (including phenoxy) is 1. The van der Waals surface area contributed by atoms with E-state index in [1.54, 1.807) is 7.05 Å². The van der Waals surface area contributed by atoms with Crippen molar-refractivity contribution in [2.24, 2.45) is 0 Å². The molecule has 3 aromatic rings. The van der Waals surface area contributed by atoms with Crippen molar-refractivity contribution in [3.63, 3.8) is 0 Å². The Labute approximate surface area is 180 Å². The van der Waals surface area contributed by atoms with Crippen molar-refractivity contribution in [1.82, 2.24) is 14.7 Å². The largest absolute Gasteiger partial charge is 0.573 e. The number of amides is 1. The summed E-state index contributed by atoms with van der Waals surface area (Å²) in [5, 5.41) is 4.38. The minimum absolute atomic E-state index is 0.137. The molecule has 1 aliphatic carbocycles. The molecule has 32 heavy (non-hydrogen) atoms. The third-order valence-electron chi connectivity index (χ3n) is 5.20. The summed E-state index contributed by atoms with van der Waals surface area (Å²) in [6.45, 7) is 0.137. The van der Waals surface area contributed by atoms with Gasteiger partial charge in [-0.05, 0) is 49.1 Å². The van der Waals surface area contributed by atoms with Gasteiger partial charge in [-0.1, -0.05) is 12.1 Å². The molecule has 0 radical (unpaired) electrons. The maximum absolute atomic E-state index is 13.7. The molecule has 0 saturated heterocycles. The smallest absolute Gasteiger partial charge is 0.406 e. The zero-order chi connectivity index (χ0) is 23.0. The summed E-state index contributed by atoms with van der Waals surface area (Å²) in [4.78, 5) is 14.5. The van der Waals surface area contributed by atoms with Crippen LogP contribution in [0.2, 0.25) is 0 Å². The minimum atomic E-state index is -4.78. The predicted octanol–water partition coefficient (Wildman–Crippen LogP) is 4.81. The van der Waals surface area contributed by atoms with Crippen LogP contribution in [0.1, 0.15) is 33.7 Å². The van der Waals surface area contributed by atoms with Gasteiger partial charge in [0, 0.05) is 30.9 Å². The molecule has 168 valence electrons. The fourth-order valence-corrected chi connectivity index (χ4v) is 3.76. The normalized spacial score (nSPS) is 13.2. The van der Waals surface area contributed by atoms with E-state index in [9.17, 15) is 26.7 Å². The van der Waals surface area contributed by atoms with E-state index >= 15 is 0 Å². The summed E-state index contributed by atoms with van der Waals surface area (Å²) >= 11 is 0. The molecule has 1 amide bonds. The lowest BCUT2D eigenvalue weighted by Crippen LogP contribution is -2.27. The molecule has 0 aliphatic heterocycles. The number of benzene rings is 2. The van der Waals surface area contributed by atoms with Crippen molar-refractivity contribution in [2.75, 3.05) is 7.05 Å². The molecule has 0 spiro atoms. The van der Waals surface area contributed by atoms with Crippen molar-refractivity contribution in [3.05, 3.63) is 76.6 Å². The lowest BCUT2D eigenvalue weighted by atomic mass is 10.1. The van der Waals surface area contributed by atoms with Gasteiger partial charge in [-0.3, -0.25) is 4.79 Å². The van der Waals surface area contributed by atoms with Crippen molar-refractivity contribution < 1.29 is 31.5 Å². The second-order valence-electron chi connectivity index (χ2n) is 7.49. The van der Waals surface area contributed by atoms with Gasteiger partial charge in [0.2, 0.25) is 0 Å². The molecular weight excluding hydrogens is 433 g/mol. The first-order valence-electron chi connectivity index (χ1n) is 9.79. The Morgan fingerprint density at radius 1 is 1.09 bits per heavy atom. The van der Waals surface area contributed by atoms with Gasteiger partial charge in [-0.15, -0.1) is 13.2 Å². The van der Waals surface area contributed by atoms with Crippen LogP contribution in [0.5, 0.6) is 5.75 Å². The van der Waals surface area contributed by atoms with E-state index in [2.05, 4.69) is 9.84 Å². The molecule has 0 N–H and O–H groups in total. The fraction of sp³-hybridized carbons (Fsp3) is 0.273. The Hall–Kier alpha value is -3.43. The van der Waals surface area contributed by atoms with Crippen molar-refractivity contribution in [1.29, 1.82) is 0 Å². The molecule has 0 bridgehead atoms. The van der Waals surface area contributed by atoms with E-state index < -0.39 is 18.0 Å². The van der Waals surface area contributed by atoms with Crippen molar-refractivity contribution in [2.45, 2.75) is 32.2 Å². The van der Waals surface area contributed by atoms with Crippen LogP contribution in [0.15, 0.2) is 42.5 Å². The highest BCUT2D eigenvalue weighted by Gasteiger charge is 2.31. The second-order valence-corrected chi connectivity index (χ2v) is 7.49. The molecule has 1 aliphatic rings. The monoisotopic (exact) mass is 451 g/mol. The van der Waals surface area contributed by atoms with Gasteiger partial charge in [0.25, 0.3) is 5.91 Å². The number of halogens is 5. The van der Waals surface area contributed by atoms with E-state index in [0.717, 1.165) is 29.8 Å². The fourth-order valence-electron chi connectivity index (χ4n) is 3.76. The standard InChI is InChI=1S/C22H18F5N3O2/c1-29(12-13-5-8-15(9-6-13)32-22(25,26)27)21(31)20-16-3-2-4-19(16)30(28-20)14-7-10-17(23)18(24)11-14/h5-11H,2-4,12H2,1H3. The third-order valence-corrected chi connectivity index (χ3v) is 5.20. The molecule has 0 saturated carbocycles. The Kier molecular flexibility index (Phi) is 5.62. The number of hydrogen-bond acceptors (Lipinski definition) is 3. The maximum atomic E-state index is 13.7. The molecule has 2 aromatic carbocycles. The summed E-state index contributed by atoms with van der Waals surface area (Å²) in [6, 6.07) is 8.67. The average Bonchev–Trinajstić information content (AvgIpc) is 3.33. The van der Waals surface area contributed by atoms with Gasteiger partial charge in [0.15, 0.2) is 17.3 Å². The number of carbonyl (C=O) groups is 1. The highest BCUT2D eigenvalue weighted by molar-refractivity contribution is 5.94. The van der Waals surface area contributed by atoms with Crippen LogP contribution in [0.3, 0.4) is 0 Å². The molecule has 0 unspecified atom stereocenters. The highest BCUT2D eigenvalue weighted by Crippen LogP contribution is 2.29. The Morgan fingerprint density at radius 2 is 1.81 bits per heavy atom. The molecule has 0 atom stereocenters. The molecule has 1 heterocycles. The van der Waals surface area contributed by atoms with Gasteiger partial charge >= 0.3 is 6.36 Å². The van der Waals surface area contributed by atoms with Crippen LogP contribution in [0, 0.1) is 11.6 Å². The van der Waals surface area contributed by atoms with Crippen LogP contribution in [-0.2, 0) is 19.4 Å². The van der Waals surface area contributed by atoms with Gasteiger partial charge in [0.1, 0.15) is 5.75 Å². The van der Waals surface area contributed by atoms with Crippen molar-refractivity contribution >= 4 is 5.91 Å². The van der Waals surface area contributed by atoms with Gasteiger partial charge in [-0.25, -0.2) is 13.5 Å². The number of carbonyl (C=O) groups excluding carboxylic acids is 1. The summed E-state index contributed by atoms with van der Waals surface area (Å²) < 4.78 is 69.2. The van der Waals surface area contributed by atoms with Gasteiger partial charge in [0.05, 0.1) is 5.69 Å². The maximum Gasteiger partial charge on any atom is 0.573 e. The van der Waals surface area contributed by atoms with Crippen LogP contribution in [-0.4, -0.2) is 34.0 Å². The van der Waals surface area contributed by atoms with E-state index in [-0.39, 0.29) is 23.9 Å². The summed E-state index contributed by atoms with van der Waals surface area (Å²) in [7, 11) is 1.56. The topological polar surface area (TPSA) is 47.4 Å². The first-order chi connectivity index (χ1) is 15.1. The first kappa shape index (κ1) is 21.8. The summed E-state index contributed by atoms with van der Waals surface area (Å²) in [6.07, 6.45) is -2.68. The van der Waals surface area contributed by atoms with E-state index in [1.807, 2.05) is 0 Å². The zero-order valence-corrected chi connectivity index (χ0v) is 16.9. The lowest BCUT2D eigenvalue weighted by molar-refractivity contribution is -0.274. The zero-order valence-electron chi connectivity index (χ0n) is 16.9. The van der Waals surface area contributed by atoms with E-state index in [0.29, 0.717) is 24.1 Å². The van der Waals surface area contributed by atoms with E-state index in [4.69, 9.17) is 0 Å². The summed E-state index contributed by atoms with van der Waals surface area (Å²) in [5.41, 5.74) is 2.69. The number of nitrogens with zero attached hydrogens (tertiary/aromatic N) is 3. The molecule has 4 rings (SSSR count). The number of fused-ring (bicyclic) bond motifs is 1.